The van der Waals surface area contributed by atoms with Crippen LogP contribution in [-0.4, -0.2) is 28.6 Å². The minimum absolute atomic E-state index is 0.00831. The fourth-order valence-corrected chi connectivity index (χ4v) is 5.56. The fraction of sp³-hybridized carbons (Fsp3) is 0.229. The minimum atomic E-state index is -0.716. The number of hydrogen-bond donors (Lipinski definition) is 3. The van der Waals surface area contributed by atoms with Crippen molar-refractivity contribution in [1.82, 2.24) is 10.3 Å². The van der Waals surface area contributed by atoms with E-state index in [0.717, 1.165) is 40.1 Å². The van der Waals surface area contributed by atoms with Crippen LogP contribution in [0.3, 0.4) is 0 Å². The van der Waals surface area contributed by atoms with Gasteiger partial charge in [-0.05, 0) is 65.1 Å². The zero-order valence-electron chi connectivity index (χ0n) is 23.7. The van der Waals surface area contributed by atoms with Crippen LogP contribution in [0.2, 0.25) is 0 Å². The molecule has 2 amide bonds. The van der Waals surface area contributed by atoms with Crippen LogP contribution in [0, 0.1) is 5.92 Å². The number of aromatic nitrogens is 1. The summed E-state index contributed by atoms with van der Waals surface area (Å²) in [6.07, 6.45) is 4.36. The molecule has 0 saturated carbocycles. The molecule has 0 aliphatic rings. The van der Waals surface area contributed by atoms with Crippen LogP contribution in [0.15, 0.2) is 95.6 Å². The number of para-hydroxylation sites is 1. The molecule has 1 heterocycles. The molecule has 3 N–H and O–H groups in total. The first-order valence-corrected chi connectivity index (χ1v) is 15.1. The van der Waals surface area contributed by atoms with Crippen molar-refractivity contribution >= 4 is 60.9 Å². The molecule has 0 fully saturated rings. The fourth-order valence-electron chi connectivity index (χ4n) is 5.20. The van der Waals surface area contributed by atoms with E-state index in [4.69, 9.17) is 0 Å². The number of nitrogens with one attached hydrogen (secondary N) is 3. The van der Waals surface area contributed by atoms with Gasteiger partial charge in [0.2, 0.25) is 0 Å². The number of H-pyrrole nitrogens is 1. The normalized spacial score (nSPS) is 12.0. The lowest BCUT2D eigenvalue weighted by atomic mass is 9.96. The number of rotatable bonds is 11. The van der Waals surface area contributed by atoms with Crippen molar-refractivity contribution in [2.75, 3.05) is 5.32 Å². The van der Waals surface area contributed by atoms with Crippen molar-refractivity contribution < 1.29 is 14.4 Å². The Balaban J connectivity index is 1.39. The van der Waals surface area contributed by atoms with Crippen LogP contribution in [-0.2, 0) is 11.2 Å². The van der Waals surface area contributed by atoms with Gasteiger partial charge in [-0.25, -0.2) is 0 Å². The Kier molecular flexibility index (Phi) is 9.18. The summed E-state index contributed by atoms with van der Waals surface area (Å²) in [4.78, 5) is 43.7. The maximum atomic E-state index is 13.8. The number of amides is 2. The number of fused-ring (bicyclic) bond motifs is 2. The van der Waals surface area contributed by atoms with E-state index in [0.29, 0.717) is 34.5 Å². The summed E-state index contributed by atoms with van der Waals surface area (Å²) in [5.41, 5.74) is 3.08. The second-order valence-electron chi connectivity index (χ2n) is 11.0. The third kappa shape index (κ3) is 6.97. The maximum Gasteiger partial charge on any atom is 0.255 e. The maximum absolute atomic E-state index is 13.8. The van der Waals surface area contributed by atoms with Crippen molar-refractivity contribution in [1.29, 1.82) is 0 Å². The lowest BCUT2D eigenvalue weighted by molar-refractivity contribution is -0.121. The summed E-state index contributed by atoms with van der Waals surface area (Å²) >= 11 is 3.46. The highest BCUT2D eigenvalue weighted by atomic mass is 79.9. The molecule has 0 spiro atoms. The molecule has 0 unspecified atom stereocenters. The lowest BCUT2D eigenvalue weighted by Crippen LogP contribution is -2.42. The van der Waals surface area contributed by atoms with E-state index in [9.17, 15) is 14.4 Å². The van der Waals surface area contributed by atoms with Crippen LogP contribution < -0.4 is 10.6 Å². The average molecular weight is 625 g/mol. The second kappa shape index (κ2) is 13.2. The highest BCUT2D eigenvalue weighted by molar-refractivity contribution is 9.10. The van der Waals surface area contributed by atoms with Gasteiger partial charge in [0.05, 0.1) is 17.3 Å². The van der Waals surface area contributed by atoms with Crippen LogP contribution in [0.4, 0.5) is 5.69 Å². The SMILES string of the molecule is CC(C)CCCC(=O)[C@H](Cc1c[nH]c2ccccc12)NC(=O)c1cc(Br)ccc1NC(=O)c1ccc2ccccc2c1. The number of anilines is 1. The van der Waals surface area contributed by atoms with Crippen molar-refractivity contribution in [3.8, 4) is 0 Å². The summed E-state index contributed by atoms with van der Waals surface area (Å²) in [7, 11) is 0. The lowest BCUT2D eigenvalue weighted by Gasteiger charge is -2.20. The van der Waals surface area contributed by atoms with Gasteiger partial charge >= 0.3 is 0 Å². The molecule has 0 radical (unpaired) electrons. The van der Waals surface area contributed by atoms with E-state index in [1.165, 1.54) is 0 Å². The van der Waals surface area contributed by atoms with Gasteiger partial charge in [0.15, 0.2) is 5.78 Å². The standard InChI is InChI=1S/C35H34BrN3O3/c1-22(2)8-7-13-33(40)32(19-26-21-37-30-12-6-5-11-28(26)30)39-35(42)29-20-27(36)16-17-31(29)38-34(41)25-15-14-23-9-3-4-10-24(23)18-25/h3-6,9-12,14-18,20-22,32,37H,7-8,13,19H2,1-2H3,(H,38,41)(H,39,42)/t32-/m0/s1. The molecule has 1 atom stereocenters. The Labute approximate surface area is 254 Å². The van der Waals surface area contributed by atoms with Gasteiger partial charge in [0.1, 0.15) is 0 Å². The van der Waals surface area contributed by atoms with E-state index in [2.05, 4.69) is 45.4 Å². The number of Topliss-reactive ketones (excluding diaryl/α,β-unsaturated/α-hetero) is 1. The Morgan fingerprint density at radius 2 is 1.62 bits per heavy atom. The predicted molar refractivity (Wildman–Crippen MR) is 173 cm³/mol. The third-order valence-corrected chi connectivity index (χ3v) is 7.98. The zero-order chi connectivity index (χ0) is 29.6. The Hall–Kier alpha value is -4.23. The monoisotopic (exact) mass is 623 g/mol. The molecule has 7 heteroatoms. The smallest absolute Gasteiger partial charge is 0.255 e. The Morgan fingerprint density at radius 3 is 2.43 bits per heavy atom. The van der Waals surface area contributed by atoms with Crippen molar-refractivity contribution in [2.24, 2.45) is 5.92 Å². The van der Waals surface area contributed by atoms with Crippen LogP contribution in [0.5, 0.6) is 0 Å². The summed E-state index contributed by atoms with van der Waals surface area (Å²) in [6, 6.07) is 25.7. The zero-order valence-corrected chi connectivity index (χ0v) is 25.3. The molecule has 42 heavy (non-hydrogen) atoms. The largest absolute Gasteiger partial charge is 0.361 e. The minimum Gasteiger partial charge on any atom is -0.361 e. The quantitative estimate of drug-likeness (QED) is 0.139. The average Bonchev–Trinajstić information content (AvgIpc) is 3.39. The van der Waals surface area contributed by atoms with Gasteiger partial charge in [-0.3, -0.25) is 14.4 Å². The van der Waals surface area contributed by atoms with Gasteiger partial charge in [0.25, 0.3) is 11.8 Å². The highest BCUT2D eigenvalue weighted by Crippen LogP contribution is 2.25. The first-order valence-electron chi connectivity index (χ1n) is 14.3. The van der Waals surface area contributed by atoms with Crippen molar-refractivity contribution in [2.45, 2.75) is 45.6 Å². The van der Waals surface area contributed by atoms with E-state index in [1.807, 2.05) is 66.9 Å². The molecule has 1 aromatic heterocycles. The van der Waals surface area contributed by atoms with Crippen LogP contribution in [0.25, 0.3) is 21.7 Å². The first-order chi connectivity index (χ1) is 20.3. The molecular formula is C35H34BrN3O3. The summed E-state index contributed by atoms with van der Waals surface area (Å²) < 4.78 is 0.688. The Morgan fingerprint density at radius 1 is 0.857 bits per heavy atom. The molecule has 0 saturated heterocycles. The van der Waals surface area contributed by atoms with Crippen LogP contribution in [0.1, 0.15) is 59.4 Å². The van der Waals surface area contributed by atoms with Crippen molar-refractivity contribution in [3.63, 3.8) is 0 Å². The van der Waals surface area contributed by atoms with E-state index in [-0.39, 0.29) is 17.3 Å². The Bertz CT molecular complexity index is 1760. The van der Waals surface area contributed by atoms with Gasteiger partial charge < -0.3 is 15.6 Å². The van der Waals surface area contributed by atoms with Gasteiger partial charge in [0, 0.05) is 40.0 Å². The van der Waals surface area contributed by atoms with E-state index < -0.39 is 11.9 Å². The number of carbonyl (C=O) groups is 3. The second-order valence-corrected chi connectivity index (χ2v) is 12.0. The number of benzene rings is 4. The molecule has 0 aliphatic carbocycles. The van der Waals surface area contributed by atoms with Crippen molar-refractivity contribution in [3.05, 3.63) is 112 Å². The molecular weight excluding hydrogens is 590 g/mol. The molecule has 0 bridgehead atoms. The first kappa shape index (κ1) is 29.3. The third-order valence-electron chi connectivity index (χ3n) is 7.48. The van der Waals surface area contributed by atoms with Gasteiger partial charge in [-0.1, -0.05) is 84.7 Å². The summed E-state index contributed by atoms with van der Waals surface area (Å²) in [6.45, 7) is 4.27. The van der Waals surface area contributed by atoms with Gasteiger partial charge in [-0.15, -0.1) is 0 Å². The summed E-state index contributed by atoms with van der Waals surface area (Å²) in [5, 5.41) is 8.93. The van der Waals surface area contributed by atoms with Gasteiger partial charge in [-0.2, -0.15) is 0 Å². The van der Waals surface area contributed by atoms with E-state index >= 15 is 0 Å². The molecule has 214 valence electrons. The molecule has 5 aromatic rings. The molecule has 5 rings (SSSR count). The number of carbonyl (C=O) groups excluding carboxylic acids is 3. The predicted octanol–water partition coefficient (Wildman–Crippen LogP) is 8.07. The van der Waals surface area contributed by atoms with Crippen LogP contribution >= 0.6 is 15.9 Å². The highest BCUT2D eigenvalue weighted by Gasteiger charge is 2.25. The topological polar surface area (TPSA) is 91.1 Å². The molecule has 4 aromatic carbocycles. The molecule has 0 aliphatic heterocycles. The number of aromatic amines is 1. The molecule has 6 nitrogen and oxygen atoms in total. The number of ketones is 1. The van der Waals surface area contributed by atoms with E-state index in [1.54, 1.807) is 24.3 Å². The number of hydrogen-bond acceptors (Lipinski definition) is 3. The summed E-state index contributed by atoms with van der Waals surface area (Å²) in [5.74, 6) is -0.259. The number of halogens is 1.